The number of carbonyl (C=O) groups is 1. The molecule has 1 amide bonds. The van der Waals surface area contributed by atoms with E-state index in [2.05, 4.69) is 11.4 Å². The molecular formula is C26H27ClN2O5S. The van der Waals surface area contributed by atoms with E-state index in [1.54, 1.807) is 36.4 Å². The van der Waals surface area contributed by atoms with Gasteiger partial charge in [-0.15, -0.1) is 0 Å². The van der Waals surface area contributed by atoms with Crippen LogP contribution in [0.5, 0.6) is 11.5 Å². The van der Waals surface area contributed by atoms with Crippen LogP contribution in [0.4, 0.5) is 5.69 Å². The van der Waals surface area contributed by atoms with Crippen molar-refractivity contribution in [1.29, 1.82) is 0 Å². The Balaban J connectivity index is 1.48. The molecule has 184 valence electrons. The highest BCUT2D eigenvalue weighted by Crippen LogP contribution is 2.38. The van der Waals surface area contributed by atoms with Crippen molar-refractivity contribution >= 4 is 33.2 Å². The monoisotopic (exact) mass is 514 g/mol. The Hall–Kier alpha value is -3.23. The van der Waals surface area contributed by atoms with E-state index in [1.165, 1.54) is 10.4 Å². The molecule has 1 aliphatic rings. The first-order chi connectivity index (χ1) is 16.6. The summed E-state index contributed by atoms with van der Waals surface area (Å²) in [5.41, 5.74) is 3.41. The van der Waals surface area contributed by atoms with Crippen LogP contribution in [0.15, 0.2) is 65.6 Å². The number of rotatable bonds is 7. The third-order valence-electron chi connectivity index (χ3n) is 5.56. The van der Waals surface area contributed by atoms with E-state index in [1.807, 2.05) is 32.9 Å². The highest BCUT2D eigenvalue weighted by molar-refractivity contribution is 7.92. The van der Waals surface area contributed by atoms with Gasteiger partial charge in [-0.1, -0.05) is 35.4 Å². The molecule has 0 unspecified atom stereocenters. The van der Waals surface area contributed by atoms with E-state index in [0.717, 1.165) is 22.4 Å². The number of ether oxygens (including phenoxy) is 2. The summed E-state index contributed by atoms with van der Waals surface area (Å²) >= 11 is 6.14. The first-order valence-corrected chi connectivity index (χ1v) is 13.0. The summed E-state index contributed by atoms with van der Waals surface area (Å²) in [5.74, 6) is 0.563. The summed E-state index contributed by atoms with van der Waals surface area (Å²) in [6, 6.07) is 17.1. The van der Waals surface area contributed by atoms with Gasteiger partial charge in [0.15, 0.2) is 6.10 Å². The number of anilines is 1. The molecule has 1 aliphatic heterocycles. The van der Waals surface area contributed by atoms with E-state index in [4.69, 9.17) is 21.1 Å². The fraction of sp³-hybridized carbons (Fsp3) is 0.269. The van der Waals surface area contributed by atoms with Crippen molar-refractivity contribution in [3.05, 3.63) is 82.4 Å². The standard InChI is InChI=1S/C26H27ClN2O5S/c1-17-4-7-22(8-5-17)35(31,32)29-16-25(34-24-9-6-20(27)15-23(24)29)26(30)28-10-11-33-21-13-18(2)12-19(3)14-21/h4-9,12-15,25H,10-11,16H2,1-3H3,(H,28,30)/t25-/m0/s1. The number of hydrogen-bond donors (Lipinski definition) is 1. The molecule has 3 aromatic carbocycles. The van der Waals surface area contributed by atoms with E-state index >= 15 is 0 Å². The Morgan fingerprint density at radius 2 is 1.71 bits per heavy atom. The topological polar surface area (TPSA) is 84.9 Å². The molecule has 1 heterocycles. The number of amides is 1. The first-order valence-electron chi connectivity index (χ1n) is 11.2. The largest absolute Gasteiger partial charge is 0.492 e. The molecule has 0 aromatic heterocycles. The van der Waals surface area contributed by atoms with Crippen LogP contribution in [0.25, 0.3) is 0 Å². The third-order valence-corrected chi connectivity index (χ3v) is 7.59. The average molecular weight is 515 g/mol. The smallest absolute Gasteiger partial charge is 0.264 e. The van der Waals surface area contributed by atoms with Gasteiger partial charge in [-0.3, -0.25) is 9.10 Å². The Morgan fingerprint density at radius 3 is 2.40 bits per heavy atom. The second-order valence-corrected chi connectivity index (χ2v) is 10.8. The van der Waals surface area contributed by atoms with Gasteiger partial charge in [0.2, 0.25) is 0 Å². The fourth-order valence-corrected chi connectivity index (χ4v) is 5.53. The fourth-order valence-electron chi connectivity index (χ4n) is 3.90. The summed E-state index contributed by atoms with van der Waals surface area (Å²) in [6.07, 6.45) is -1.04. The number of hydrogen-bond acceptors (Lipinski definition) is 5. The Labute approximate surface area is 210 Å². The lowest BCUT2D eigenvalue weighted by molar-refractivity contribution is -0.127. The van der Waals surface area contributed by atoms with Crippen LogP contribution in [0.2, 0.25) is 5.02 Å². The van der Waals surface area contributed by atoms with Crippen molar-refractivity contribution < 1.29 is 22.7 Å². The second-order valence-electron chi connectivity index (χ2n) is 8.53. The van der Waals surface area contributed by atoms with Crippen molar-refractivity contribution in [2.45, 2.75) is 31.8 Å². The number of sulfonamides is 1. The van der Waals surface area contributed by atoms with Crippen molar-refractivity contribution in [1.82, 2.24) is 5.32 Å². The van der Waals surface area contributed by atoms with Crippen LogP contribution in [0.1, 0.15) is 16.7 Å². The Bertz CT molecular complexity index is 1320. The van der Waals surface area contributed by atoms with E-state index in [-0.39, 0.29) is 30.3 Å². The highest BCUT2D eigenvalue weighted by atomic mass is 35.5. The minimum Gasteiger partial charge on any atom is -0.492 e. The molecule has 0 aliphatic carbocycles. The van der Waals surface area contributed by atoms with E-state index in [9.17, 15) is 13.2 Å². The molecule has 0 radical (unpaired) electrons. The zero-order chi connectivity index (χ0) is 25.2. The molecule has 0 fully saturated rings. The van der Waals surface area contributed by atoms with Gasteiger partial charge < -0.3 is 14.8 Å². The number of fused-ring (bicyclic) bond motifs is 1. The molecule has 0 spiro atoms. The van der Waals surface area contributed by atoms with Crippen LogP contribution in [-0.2, 0) is 14.8 Å². The minimum absolute atomic E-state index is 0.122. The molecule has 1 N–H and O–H groups in total. The molecule has 9 heteroatoms. The summed E-state index contributed by atoms with van der Waals surface area (Å²) in [6.45, 7) is 6.17. The molecule has 4 rings (SSSR count). The van der Waals surface area contributed by atoms with Gasteiger partial charge in [-0.2, -0.15) is 0 Å². The maximum absolute atomic E-state index is 13.5. The van der Waals surface area contributed by atoms with Gasteiger partial charge in [0, 0.05) is 5.02 Å². The molecule has 0 saturated heterocycles. The zero-order valence-electron chi connectivity index (χ0n) is 19.7. The zero-order valence-corrected chi connectivity index (χ0v) is 21.3. The molecule has 1 atom stereocenters. The number of nitrogens with one attached hydrogen (secondary N) is 1. The van der Waals surface area contributed by atoms with Gasteiger partial charge in [0.05, 0.1) is 23.7 Å². The average Bonchev–Trinajstić information content (AvgIpc) is 2.80. The quantitative estimate of drug-likeness (QED) is 0.472. The number of carbonyl (C=O) groups excluding carboxylic acids is 1. The molecule has 35 heavy (non-hydrogen) atoms. The normalized spacial score (nSPS) is 15.2. The van der Waals surface area contributed by atoms with Crippen LogP contribution in [0, 0.1) is 20.8 Å². The number of benzene rings is 3. The molecule has 3 aromatic rings. The van der Waals surface area contributed by atoms with Crippen molar-refractivity contribution in [3.8, 4) is 11.5 Å². The number of nitrogens with zero attached hydrogens (tertiary/aromatic N) is 1. The van der Waals surface area contributed by atoms with Crippen LogP contribution < -0.4 is 19.1 Å². The van der Waals surface area contributed by atoms with Gasteiger partial charge in [-0.25, -0.2) is 8.42 Å². The molecule has 0 bridgehead atoms. The minimum atomic E-state index is -3.95. The van der Waals surface area contributed by atoms with Crippen molar-refractivity contribution in [3.63, 3.8) is 0 Å². The van der Waals surface area contributed by atoms with Crippen molar-refractivity contribution in [2.75, 3.05) is 24.0 Å². The summed E-state index contributed by atoms with van der Waals surface area (Å²) in [7, 11) is -3.95. The summed E-state index contributed by atoms with van der Waals surface area (Å²) < 4.78 is 39.8. The highest BCUT2D eigenvalue weighted by Gasteiger charge is 2.37. The van der Waals surface area contributed by atoms with Crippen LogP contribution in [0.3, 0.4) is 0 Å². The lowest BCUT2D eigenvalue weighted by Crippen LogP contribution is -2.51. The van der Waals surface area contributed by atoms with E-state index < -0.39 is 22.0 Å². The molecule has 0 saturated carbocycles. The van der Waals surface area contributed by atoms with Crippen molar-refractivity contribution in [2.24, 2.45) is 0 Å². The van der Waals surface area contributed by atoms with Crippen LogP contribution in [-0.4, -0.2) is 40.1 Å². The van der Waals surface area contributed by atoms with Gasteiger partial charge in [0.25, 0.3) is 15.9 Å². The predicted octanol–water partition coefficient (Wildman–Crippen LogP) is 4.42. The lowest BCUT2D eigenvalue weighted by Gasteiger charge is -2.34. The maximum Gasteiger partial charge on any atom is 0.264 e. The number of halogens is 1. The Morgan fingerprint density at radius 1 is 1.03 bits per heavy atom. The summed E-state index contributed by atoms with van der Waals surface area (Å²) in [5, 5.41) is 3.14. The van der Waals surface area contributed by atoms with E-state index in [0.29, 0.717) is 10.7 Å². The van der Waals surface area contributed by atoms with Gasteiger partial charge in [-0.05, 0) is 74.4 Å². The number of aryl methyl sites for hydroxylation is 3. The SMILES string of the molecule is Cc1ccc(S(=O)(=O)N2C[C@@H](C(=O)NCCOc3cc(C)cc(C)c3)Oc3ccc(Cl)cc32)cc1. The predicted molar refractivity (Wildman–Crippen MR) is 136 cm³/mol. The maximum atomic E-state index is 13.5. The first kappa shape index (κ1) is 24.9. The Kier molecular flexibility index (Phi) is 7.23. The molecular weight excluding hydrogens is 488 g/mol. The molecule has 7 nitrogen and oxygen atoms in total. The lowest BCUT2D eigenvalue weighted by atomic mass is 10.1. The second kappa shape index (κ2) is 10.2. The van der Waals surface area contributed by atoms with Gasteiger partial charge in [0.1, 0.15) is 18.1 Å². The van der Waals surface area contributed by atoms with Crippen LogP contribution >= 0.6 is 11.6 Å². The third kappa shape index (κ3) is 5.71. The van der Waals surface area contributed by atoms with Gasteiger partial charge >= 0.3 is 0 Å². The summed E-state index contributed by atoms with van der Waals surface area (Å²) in [4.78, 5) is 13.0.